The molecule has 0 saturated heterocycles. The summed E-state index contributed by atoms with van der Waals surface area (Å²) in [5, 5.41) is 9.86. The van der Waals surface area contributed by atoms with E-state index in [4.69, 9.17) is 5.11 Å². The molecule has 0 radical (unpaired) electrons. The van der Waals surface area contributed by atoms with Crippen LogP contribution in [0.1, 0.15) is 24.5 Å². The molecule has 2 aromatic heterocycles. The number of fused-ring (bicyclic) bond motifs is 1. The summed E-state index contributed by atoms with van der Waals surface area (Å²) in [6.45, 7) is 4.03. The molecule has 2 rings (SSSR count). The van der Waals surface area contributed by atoms with Gasteiger partial charge in [-0.2, -0.15) is 0 Å². The summed E-state index contributed by atoms with van der Waals surface area (Å²) >= 11 is 1.65. The van der Waals surface area contributed by atoms with Gasteiger partial charge in [0, 0.05) is 18.3 Å². The molecule has 102 valence electrons. The van der Waals surface area contributed by atoms with Crippen molar-refractivity contribution >= 4 is 33.3 Å². The number of aromatic nitrogens is 2. The number of rotatable bonds is 5. The maximum absolute atomic E-state index is 10.9. The first-order valence-electron chi connectivity index (χ1n) is 6.27. The number of carbonyl (C=O) groups is 1. The van der Waals surface area contributed by atoms with Gasteiger partial charge in [-0.1, -0.05) is 13.8 Å². The number of aryl methyl sites for hydroxylation is 2. The topological polar surface area (TPSA) is 66.3 Å². The van der Waals surface area contributed by atoms with Crippen LogP contribution >= 0.6 is 11.3 Å². The van der Waals surface area contributed by atoms with Crippen LogP contribution in [0, 0.1) is 0 Å². The molecule has 2 heterocycles. The summed E-state index contributed by atoms with van der Waals surface area (Å²) in [6, 6.07) is 2.06. The van der Waals surface area contributed by atoms with Gasteiger partial charge in [0.05, 0.1) is 5.39 Å². The van der Waals surface area contributed by atoms with Crippen LogP contribution < -0.4 is 4.90 Å². The standard InChI is InChI=1S/C13H17N3O2S/c1-4-8-6-9-12(16(3)7-11(17)18)14-10(5-2)15-13(9)19-8/h6H,4-5,7H2,1-3H3,(H,17,18). The normalized spacial score (nSPS) is 10.9. The fourth-order valence-electron chi connectivity index (χ4n) is 1.90. The Labute approximate surface area is 115 Å². The van der Waals surface area contributed by atoms with Gasteiger partial charge in [-0.15, -0.1) is 11.3 Å². The van der Waals surface area contributed by atoms with Crippen LogP contribution in [-0.4, -0.2) is 34.6 Å². The molecule has 0 fully saturated rings. The Morgan fingerprint density at radius 2 is 2.11 bits per heavy atom. The summed E-state index contributed by atoms with van der Waals surface area (Å²) in [5.74, 6) is 0.600. The molecule has 0 atom stereocenters. The SMILES string of the molecule is CCc1nc(N(C)CC(=O)O)c2cc(CC)sc2n1. The Morgan fingerprint density at radius 3 is 2.68 bits per heavy atom. The van der Waals surface area contributed by atoms with Gasteiger partial charge in [0.15, 0.2) is 0 Å². The summed E-state index contributed by atoms with van der Waals surface area (Å²) in [4.78, 5) is 23.7. The highest BCUT2D eigenvalue weighted by atomic mass is 32.1. The average molecular weight is 279 g/mol. The predicted octanol–water partition coefficient (Wildman–Crippen LogP) is 2.34. The van der Waals surface area contributed by atoms with Crippen molar-refractivity contribution in [1.29, 1.82) is 0 Å². The van der Waals surface area contributed by atoms with E-state index in [1.165, 1.54) is 4.88 Å². The molecule has 6 heteroatoms. The highest BCUT2D eigenvalue weighted by Crippen LogP contribution is 2.30. The van der Waals surface area contributed by atoms with Gasteiger partial charge in [-0.05, 0) is 12.5 Å². The van der Waals surface area contributed by atoms with Crippen molar-refractivity contribution in [3.05, 3.63) is 16.8 Å². The van der Waals surface area contributed by atoms with Crippen molar-refractivity contribution in [1.82, 2.24) is 9.97 Å². The Morgan fingerprint density at radius 1 is 1.37 bits per heavy atom. The highest BCUT2D eigenvalue weighted by Gasteiger charge is 2.15. The Hall–Kier alpha value is -1.69. The van der Waals surface area contributed by atoms with Gasteiger partial charge in [0.1, 0.15) is 23.0 Å². The third-order valence-electron chi connectivity index (χ3n) is 2.87. The number of aliphatic carboxylic acids is 1. The lowest BCUT2D eigenvalue weighted by Gasteiger charge is -2.17. The minimum absolute atomic E-state index is 0.0629. The number of anilines is 1. The molecule has 0 bridgehead atoms. The van der Waals surface area contributed by atoms with Crippen LogP contribution in [-0.2, 0) is 17.6 Å². The van der Waals surface area contributed by atoms with Crippen LogP contribution in [0.25, 0.3) is 10.2 Å². The maximum Gasteiger partial charge on any atom is 0.323 e. The molecule has 0 aliphatic carbocycles. The van der Waals surface area contributed by atoms with E-state index in [0.29, 0.717) is 5.82 Å². The van der Waals surface area contributed by atoms with Gasteiger partial charge in [0.2, 0.25) is 0 Å². The van der Waals surface area contributed by atoms with Crippen molar-refractivity contribution in [3.63, 3.8) is 0 Å². The van der Waals surface area contributed by atoms with Crippen molar-refractivity contribution in [3.8, 4) is 0 Å². The fraction of sp³-hybridized carbons (Fsp3) is 0.462. The smallest absolute Gasteiger partial charge is 0.323 e. The zero-order valence-corrected chi connectivity index (χ0v) is 12.1. The van der Waals surface area contributed by atoms with Crippen molar-refractivity contribution in [2.45, 2.75) is 26.7 Å². The van der Waals surface area contributed by atoms with Crippen LogP contribution in [0.2, 0.25) is 0 Å². The quantitative estimate of drug-likeness (QED) is 0.910. The van der Waals surface area contributed by atoms with Gasteiger partial charge in [-0.3, -0.25) is 4.79 Å². The van der Waals surface area contributed by atoms with E-state index < -0.39 is 5.97 Å². The van der Waals surface area contributed by atoms with Gasteiger partial charge in [0.25, 0.3) is 0 Å². The molecule has 19 heavy (non-hydrogen) atoms. The number of thiophene rings is 1. The number of likely N-dealkylation sites (N-methyl/N-ethyl adjacent to an activating group) is 1. The summed E-state index contributed by atoms with van der Waals surface area (Å²) in [5.41, 5.74) is 0. The molecule has 0 aliphatic heterocycles. The number of carboxylic acids is 1. The maximum atomic E-state index is 10.9. The van der Waals surface area contributed by atoms with Crippen molar-refractivity contribution in [2.24, 2.45) is 0 Å². The van der Waals surface area contributed by atoms with E-state index >= 15 is 0 Å². The third kappa shape index (κ3) is 2.84. The van der Waals surface area contributed by atoms with Crippen LogP contribution in [0.15, 0.2) is 6.07 Å². The van der Waals surface area contributed by atoms with Crippen LogP contribution in [0.3, 0.4) is 0 Å². The van der Waals surface area contributed by atoms with Crippen LogP contribution in [0.4, 0.5) is 5.82 Å². The van der Waals surface area contributed by atoms with E-state index in [1.807, 2.05) is 6.92 Å². The lowest BCUT2D eigenvalue weighted by atomic mass is 10.3. The third-order valence-corrected chi connectivity index (χ3v) is 4.04. The van der Waals surface area contributed by atoms with E-state index in [1.54, 1.807) is 23.3 Å². The molecule has 2 aromatic rings. The lowest BCUT2D eigenvalue weighted by molar-refractivity contribution is -0.135. The first kappa shape index (κ1) is 13.7. The second-order valence-electron chi connectivity index (χ2n) is 4.35. The molecule has 0 unspecified atom stereocenters. The Balaban J connectivity index is 2.55. The minimum Gasteiger partial charge on any atom is -0.480 e. The van der Waals surface area contributed by atoms with Gasteiger partial charge < -0.3 is 10.0 Å². The zero-order chi connectivity index (χ0) is 14.0. The molecule has 0 amide bonds. The Kier molecular flexibility index (Phi) is 3.99. The monoisotopic (exact) mass is 279 g/mol. The number of hydrogen-bond donors (Lipinski definition) is 1. The van der Waals surface area contributed by atoms with Crippen LogP contribution in [0.5, 0.6) is 0 Å². The molecular weight excluding hydrogens is 262 g/mol. The van der Waals surface area contributed by atoms with E-state index in [-0.39, 0.29) is 6.54 Å². The molecule has 0 aliphatic rings. The largest absolute Gasteiger partial charge is 0.480 e. The molecular formula is C13H17N3O2S. The number of carboxylic acid groups (broad SMARTS) is 1. The average Bonchev–Trinajstić information content (AvgIpc) is 2.79. The molecule has 0 saturated carbocycles. The molecule has 5 nitrogen and oxygen atoms in total. The number of nitrogens with zero attached hydrogens (tertiary/aromatic N) is 3. The van der Waals surface area contributed by atoms with Gasteiger partial charge in [-0.25, -0.2) is 9.97 Å². The van der Waals surface area contributed by atoms with Crippen molar-refractivity contribution in [2.75, 3.05) is 18.5 Å². The Bertz CT molecular complexity index is 609. The predicted molar refractivity (Wildman–Crippen MR) is 77.1 cm³/mol. The summed E-state index contributed by atoms with van der Waals surface area (Å²) in [7, 11) is 1.75. The fourth-order valence-corrected chi connectivity index (χ4v) is 2.88. The lowest BCUT2D eigenvalue weighted by Crippen LogP contribution is -2.26. The van der Waals surface area contributed by atoms with E-state index in [9.17, 15) is 4.79 Å². The summed E-state index contributed by atoms with van der Waals surface area (Å²) < 4.78 is 0. The highest BCUT2D eigenvalue weighted by molar-refractivity contribution is 7.18. The first-order chi connectivity index (χ1) is 9.05. The summed E-state index contributed by atoms with van der Waals surface area (Å²) in [6.07, 6.45) is 1.69. The van der Waals surface area contributed by atoms with Gasteiger partial charge >= 0.3 is 5.97 Å². The van der Waals surface area contributed by atoms with E-state index in [2.05, 4.69) is 23.0 Å². The second kappa shape index (κ2) is 5.52. The van der Waals surface area contributed by atoms with Crippen molar-refractivity contribution < 1.29 is 9.90 Å². The van der Waals surface area contributed by atoms with E-state index in [0.717, 1.165) is 28.9 Å². The molecule has 1 N–H and O–H groups in total. The molecule has 0 aromatic carbocycles. The molecule has 0 spiro atoms. The first-order valence-corrected chi connectivity index (χ1v) is 7.09. The second-order valence-corrected chi connectivity index (χ2v) is 5.47. The minimum atomic E-state index is -0.863. The zero-order valence-electron chi connectivity index (χ0n) is 11.3. The number of hydrogen-bond acceptors (Lipinski definition) is 5.